The molecule has 0 radical (unpaired) electrons. The fourth-order valence-corrected chi connectivity index (χ4v) is 3.26. The van der Waals surface area contributed by atoms with Crippen molar-refractivity contribution in [1.29, 1.82) is 0 Å². The maximum absolute atomic E-state index is 12.5. The van der Waals surface area contributed by atoms with E-state index in [2.05, 4.69) is 5.10 Å². The molecule has 1 aromatic heterocycles. The minimum atomic E-state index is -0.0726. The van der Waals surface area contributed by atoms with Crippen LogP contribution in [0.15, 0.2) is 30.3 Å². The lowest BCUT2D eigenvalue weighted by molar-refractivity contribution is -0.117. The molecule has 0 spiro atoms. The Morgan fingerprint density at radius 3 is 2.76 bits per heavy atom. The number of aryl methyl sites for hydroxylation is 2. The largest absolute Gasteiger partial charge is 0.312 e. The molecule has 25 heavy (non-hydrogen) atoms. The Labute approximate surface area is 147 Å². The van der Waals surface area contributed by atoms with Gasteiger partial charge in [0.25, 0.3) is 0 Å². The second-order valence-corrected chi connectivity index (χ2v) is 6.30. The Hall–Kier alpha value is -2.69. The van der Waals surface area contributed by atoms with E-state index in [-0.39, 0.29) is 11.7 Å². The van der Waals surface area contributed by atoms with E-state index in [1.165, 1.54) is 0 Å². The summed E-state index contributed by atoms with van der Waals surface area (Å²) in [5, 5.41) is 4.46. The van der Waals surface area contributed by atoms with Gasteiger partial charge in [0.1, 0.15) is 0 Å². The van der Waals surface area contributed by atoms with Gasteiger partial charge in [-0.2, -0.15) is 5.10 Å². The average Bonchev–Trinajstić information content (AvgIpc) is 3.16. The van der Waals surface area contributed by atoms with E-state index in [0.717, 1.165) is 42.1 Å². The van der Waals surface area contributed by atoms with E-state index in [0.29, 0.717) is 12.0 Å². The number of hydrogen-bond donors (Lipinski definition) is 0. The van der Waals surface area contributed by atoms with Crippen molar-refractivity contribution in [3.63, 3.8) is 0 Å². The number of amides is 1. The predicted molar refractivity (Wildman–Crippen MR) is 98.8 cm³/mol. The Balaban J connectivity index is 1.82. The topological polar surface area (TPSA) is 55.2 Å². The summed E-state index contributed by atoms with van der Waals surface area (Å²) in [5.74, 6) is 0.0508. The number of nitrogens with zero attached hydrogens (tertiary/aromatic N) is 3. The molecule has 0 bridgehead atoms. The van der Waals surface area contributed by atoms with Crippen molar-refractivity contribution in [1.82, 2.24) is 9.78 Å². The van der Waals surface area contributed by atoms with Crippen molar-refractivity contribution in [3.05, 3.63) is 52.9 Å². The predicted octanol–water partition coefficient (Wildman–Crippen LogP) is 3.54. The molecule has 1 aliphatic heterocycles. The summed E-state index contributed by atoms with van der Waals surface area (Å²) in [6, 6.07) is 7.29. The second-order valence-electron chi connectivity index (χ2n) is 6.30. The monoisotopic (exact) mass is 337 g/mol. The number of allylic oxidation sites excluding steroid dienone is 1. The lowest BCUT2D eigenvalue weighted by Gasteiger charge is -2.16. The van der Waals surface area contributed by atoms with Crippen LogP contribution in [0.2, 0.25) is 0 Å². The molecule has 5 nitrogen and oxygen atoms in total. The van der Waals surface area contributed by atoms with Crippen LogP contribution in [0.1, 0.15) is 47.1 Å². The zero-order valence-electron chi connectivity index (χ0n) is 15.0. The summed E-state index contributed by atoms with van der Waals surface area (Å²) in [4.78, 5) is 26.2. The summed E-state index contributed by atoms with van der Waals surface area (Å²) < 4.78 is 1.93. The molecule has 2 heterocycles. The standard InChI is InChI=1S/C20H23N3O2/c1-4-23-15(3)18(14(2)21-23)10-11-19(24)16-7-5-8-17(13-16)22-12-6-9-20(22)25/h5,7-8,10-11,13H,4,6,9,12H2,1-3H3/b11-10-. The molecule has 0 unspecified atom stereocenters. The molecule has 1 aromatic carbocycles. The minimum absolute atomic E-state index is 0.0726. The van der Waals surface area contributed by atoms with E-state index in [1.807, 2.05) is 43.7 Å². The zero-order chi connectivity index (χ0) is 18.0. The number of hydrogen-bond acceptors (Lipinski definition) is 3. The van der Waals surface area contributed by atoms with Crippen molar-refractivity contribution in [2.45, 2.75) is 40.2 Å². The van der Waals surface area contributed by atoms with Gasteiger partial charge in [-0.3, -0.25) is 14.3 Å². The molecule has 2 aromatic rings. The lowest BCUT2D eigenvalue weighted by Crippen LogP contribution is -2.23. The molecule has 5 heteroatoms. The van der Waals surface area contributed by atoms with Crippen molar-refractivity contribution in [2.24, 2.45) is 0 Å². The molecule has 0 atom stereocenters. The van der Waals surface area contributed by atoms with Gasteiger partial charge in [-0.1, -0.05) is 12.1 Å². The first-order valence-electron chi connectivity index (χ1n) is 8.68. The van der Waals surface area contributed by atoms with Gasteiger partial charge in [-0.25, -0.2) is 0 Å². The molecule has 1 saturated heterocycles. The number of aromatic nitrogens is 2. The zero-order valence-corrected chi connectivity index (χ0v) is 15.0. The summed E-state index contributed by atoms with van der Waals surface area (Å²) in [6.45, 7) is 7.53. The number of rotatable bonds is 5. The van der Waals surface area contributed by atoms with Gasteiger partial charge in [-0.15, -0.1) is 0 Å². The van der Waals surface area contributed by atoms with Gasteiger partial charge in [0.15, 0.2) is 5.78 Å². The first kappa shape index (κ1) is 17.1. The Morgan fingerprint density at radius 2 is 2.12 bits per heavy atom. The fraction of sp³-hybridized carbons (Fsp3) is 0.350. The van der Waals surface area contributed by atoms with Crippen molar-refractivity contribution in [2.75, 3.05) is 11.4 Å². The quantitative estimate of drug-likeness (QED) is 0.619. The molecule has 3 rings (SSSR count). The minimum Gasteiger partial charge on any atom is -0.312 e. The highest BCUT2D eigenvalue weighted by Crippen LogP contribution is 2.23. The smallest absolute Gasteiger partial charge is 0.227 e. The first-order valence-corrected chi connectivity index (χ1v) is 8.68. The molecule has 0 N–H and O–H groups in total. The average molecular weight is 337 g/mol. The molecule has 0 aliphatic carbocycles. The van der Waals surface area contributed by atoms with Crippen LogP contribution in [0.25, 0.3) is 6.08 Å². The Bertz CT molecular complexity index is 849. The fourth-order valence-electron chi connectivity index (χ4n) is 3.26. The number of anilines is 1. The summed E-state index contributed by atoms with van der Waals surface area (Å²) in [7, 11) is 0. The number of benzene rings is 1. The van der Waals surface area contributed by atoms with Gasteiger partial charge >= 0.3 is 0 Å². The molecular formula is C20H23N3O2. The summed E-state index contributed by atoms with van der Waals surface area (Å²) in [6.07, 6.45) is 4.87. The SMILES string of the molecule is CCn1nc(C)c(/C=C\C(=O)c2cccc(N3CCCC3=O)c2)c1C. The molecular weight excluding hydrogens is 314 g/mol. The van der Waals surface area contributed by atoms with Gasteiger partial charge in [0.2, 0.25) is 5.91 Å². The maximum Gasteiger partial charge on any atom is 0.227 e. The maximum atomic E-state index is 12.5. The van der Waals surface area contributed by atoms with E-state index in [9.17, 15) is 9.59 Å². The van der Waals surface area contributed by atoms with Gasteiger partial charge in [0, 0.05) is 42.0 Å². The number of carbonyl (C=O) groups excluding carboxylic acids is 2. The third-order valence-corrected chi connectivity index (χ3v) is 4.65. The molecule has 1 aliphatic rings. The van der Waals surface area contributed by atoms with Gasteiger partial charge in [-0.05, 0) is 51.5 Å². The van der Waals surface area contributed by atoms with Crippen LogP contribution >= 0.6 is 0 Å². The van der Waals surface area contributed by atoms with Crippen LogP contribution in [0, 0.1) is 13.8 Å². The molecule has 1 amide bonds. The van der Waals surface area contributed by atoms with E-state index < -0.39 is 0 Å². The number of ketones is 1. The normalized spacial score (nSPS) is 14.7. The second kappa shape index (κ2) is 7.05. The van der Waals surface area contributed by atoms with E-state index >= 15 is 0 Å². The highest BCUT2D eigenvalue weighted by atomic mass is 16.2. The number of carbonyl (C=O) groups is 2. The van der Waals surface area contributed by atoms with Crippen LogP contribution in [0.5, 0.6) is 0 Å². The Kier molecular flexibility index (Phi) is 4.83. The van der Waals surface area contributed by atoms with Crippen molar-refractivity contribution in [3.8, 4) is 0 Å². The van der Waals surface area contributed by atoms with E-state index in [4.69, 9.17) is 0 Å². The highest BCUT2D eigenvalue weighted by molar-refractivity contribution is 6.08. The summed E-state index contributed by atoms with van der Waals surface area (Å²) >= 11 is 0. The third-order valence-electron chi connectivity index (χ3n) is 4.65. The lowest BCUT2D eigenvalue weighted by atomic mass is 10.1. The van der Waals surface area contributed by atoms with E-state index in [1.54, 1.807) is 23.1 Å². The first-order chi connectivity index (χ1) is 12.0. The third kappa shape index (κ3) is 3.40. The van der Waals surface area contributed by atoms with Crippen LogP contribution in [-0.2, 0) is 11.3 Å². The van der Waals surface area contributed by atoms with Crippen molar-refractivity contribution < 1.29 is 9.59 Å². The molecule has 1 fully saturated rings. The van der Waals surface area contributed by atoms with Gasteiger partial charge < -0.3 is 4.90 Å². The van der Waals surface area contributed by atoms with Crippen LogP contribution in [0.3, 0.4) is 0 Å². The van der Waals surface area contributed by atoms with Crippen LogP contribution in [-0.4, -0.2) is 28.0 Å². The van der Waals surface area contributed by atoms with Crippen LogP contribution < -0.4 is 4.90 Å². The van der Waals surface area contributed by atoms with Crippen LogP contribution in [0.4, 0.5) is 5.69 Å². The molecule has 130 valence electrons. The molecule has 0 saturated carbocycles. The highest BCUT2D eigenvalue weighted by Gasteiger charge is 2.22. The Morgan fingerprint density at radius 1 is 1.32 bits per heavy atom. The van der Waals surface area contributed by atoms with Gasteiger partial charge in [0.05, 0.1) is 5.69 Å². The van der Waals surface area contributed by atoms with Crippen molar-refractivity contribution >= 4 is 23.5 Å². The summed E-state index contributed by atoms with van der Waals surface area (Å²) in [5.41, 5.74) is 4.35.